The first-order valence-electron chi connectivity index (χ1n) is 3.94. The average molecular weight is 153 g/mol. The molecule has 0 aliphatic heterocycles. The van der Waals surface area contributed by atoms with Gasteiger partial charge in [0.25, 0.3) is 0 Å². The lowest BCUT2D eigenvalue weighted by Crippen LogP contribution is -2.25. The Labute approximate surface area is 69.4 Å². The van der Waals surface area contributed by atoms with Crippen LogP contribution < -0.4 is 5.73 Å². The highest BCUT2D eigenvalue weighted by atomic mass is 15.1. The van der Waals surface area contributed by atoms with Crippen molar-refractivity contribution in [3.05, 3.63) is 25.3 Å². The van der Waals surface area contributed by atoms with Crippen LogP contribution in [0.3, 0.4) is 0 Å². The molecule has 0 aromatic carbocycles. The van der Waals surface area contributed by atoms with E-state index >= 15 is 0 Å². The van der Waals surface area contributed by atoms with Crippen LogP contribution in [0.25, 0.3) is 0 Å². The molecule has 0 rings (SSSR count). The maximum Gasteiger partial charge on any atom is 0.0163 e. The molecular weight excluding hydrogens is 136 g/mol. The minimum atomic E-state index is 0.505. The second-order valence-electron chi connectivity index (χ2n) is 2.44. The maximum atomic E-state index is 6.98. The summed E-state index contributed by atoms with van der Waals surface area (Å²) in [5.74, 6) is 0. The van der Waals surface area contributed by atoms with Crippen molar-refractivity contribution in [2.75, 3.05) is 26.2 Å². The molecule has 1 N–H and O–H groups in total. The van der Waals surface area contributed by atoms with Gasteiger partial charge in [0.1, 0.15) is 0 Å². The van der Waals surface area contributed by atoms with Crippen LogP contribution in [0, 0.1) is 0 Å². The Kier molecular flexibility index (Phi) is 7.10. The van der Waals surface area contributed by atoms with Crippen LogP contribution in [0.2, 0.25) is 0 Å². The SMILES string of the molecule is C=CCN(CC=C)CCC[NH]. The fourth-order valence-electron chi connectivity index (χ4n) is 0.925. The molecule has 0 unspecified atom stereocenters. The van der Waals surface area contributed by atoms with Gasteiger partial charge in [0.15, 0.2) is 0 Å². The van der Waals surface area contributed by atoms with Gasteiger partial charge in [0.05, 0.1) is 0 Å². The quantitative estimate of drug-likeness (QED) is 0.507. The number of rotatable bonds is 7. The molecule has 0 atom stereocenters. The molecule has 0 aromatic heterocycles. The Morgan fingerprint density at radius 2 is 1.73 bits per heavy atom. The van der Waals surface area contributed by atoms with E-state index in [1.165, 1.54) is 0 Å². The molecule has 11 heavy (non-hydrogen) atoms. The van der Waals surface area contributed by atoms with E-state index in [9.17, 15) is 0 Å². The lowest BCUT2D eigenvalue weighted by Gasteiger charge is -2.17. The summed E-state index contributed by atoms with van der Waals surface area (Å²) in [5.41, 5.74) is 6.98. The Bertz CT molecular complexity index is 100. The molecule has 0 spiro atoms. The van der Waals surface area contributed by atoms with Gasteiger partial charge in [-0.2, -0.15) is 0 Å². The van der Waals surface area contributed by atoms with E-state index in [4.69, 9.17) is 5.73 Å². The van der Waals surface area contributed by atoms with Crippen LogP contribution in [0.15, 0.2) is 25.3 Å². The van der Waals surface area contributed by atoms with Gasteiger partial charge in [-0.15, -0.1) is 13.2 Å². The molecule has 63 valence electrons. The van der Waals surface area contributed by atoms with Gasteiger partial charge in [-0.25, -0.2) is 0 Å². The van der Waals surface area contributed by atoms with Crippen molar-refractivity contribution in [1.82, 2.24) is 10.6 Å². The van der Waals surface area contributed by atoms with E-state index in [0.29, 0.717) is 6.54 Å². The highest BCUT2D eigenvalue weighted by Gasteiger charge is 1.97. The molecule has 2 heteroatoms. The third-order valence-corrected chi connectivity index (χ3v) is 1.43. The van der Waals surface area contributed by atoms with E-state index in [2.05, 4.69) is 18.1 Å². The first-order valence-corrected chi connectivity index (χ1v) is 3.94. The molecular formula is C9H17N2. The third-order valence-electron chi connectivity index (χ3n) is 1.43. The van der Waals surface area contributed by atoms with Gasteiger partial charge >= 0.3 is 0 Å². The largest absolute Gasteiger partial charge is 0.296 e. The van der Waals surface area contributed by atoms with E-state index in [1.54, 1.807) is 0 Å². The van der Waals surface area contributed by atoms with Crippen LogP contribution in [0.1, 0.15) is 6.42 Å². The zero-order valence-corrected chi connectivity index (χ0v) is 7.05. The van der Waals surface area contributed by atoms with Gasteiger partial charge in [-0.3, -0.25) is 10.6 Å². The fourth-order valence-corrected chi connectivity index (χ4v) is 0.925. The maximum absolute atomic E-state index is 6.98. The van der Waals surface area contributed by atoms with Crippen molar-refractivity contribution in [2.45, 2.75) is 6.42 Å². The molecule has 2 nitrogen and oxygen atoms in total. The summed E-state index contributed by atoms with van der Waals surface area (Å²) in [6.45, 7) is 10.6. The van der Waals surface area contributed by atoms with Crippen LogP contribution in [-0.2, 0) is 0 Å². The van der Waals surface area contributed by atoms with E-state index in [1.807, 2.05) is 12.2 Å². The van der Waals surface area contributed by atoms with Crippen molar-refractivity contribution < 1.29 is 0 Å². The Morgan fingerprint density at radius 3 is 2.09 bits per heavy atom. The standard InChI is InChI=1S/C9H17N2/c1-3-7-11(8-4-2)9-5-6-10/h3-4,10H,1-2,5-9H2. The lowest BCUT2D eigenvalue weighted by atomic mass is 10.3. The number of nitrogens with zero attached hydrogens (tertiary/aromatic N) is 1. The van der Waals surface area contributed by atoms with Crippen LogP contribution in [0.4, 0.5) is 0 Å². The molecule has 0 bridgehead atoms. The van der Waals surface area contributed by atoms with Gasteiger partial charge in [-0.05, 0) is 6.42 Å². The summed E-state index contributed by atoms with van der Waals surface area (Å²) in [6, 6.07) is 0. The summed E-state index contributed by atoms with van der Waals surface area (Å²) in [7, 11) is 0. The summed E-state index contributed by atoms with van der Waals surface area (Å²) in [5, 5.41) is 0. The Balaban J connectivity index is 3.49. The minimum absolute atomic E-state index is 0.505. The predicted octanol–water partition coefficient (Wildman–Crippen LogP) is 1.33. The number of hydrogen-bond donors (Lipinski definition) is 0. The van der Waals surface area contributed by atoms with E-state index in [0.717, 1.165) is 26.1 Å². The average Bonchev–Trinajstić information content (AvgIpc) is 2.01. The smallest absolute Gasteiger partial charge is 0.0163 e. The zero-order chi connectivity index (χ0) is 8.53. The molecule has 0 aromatic rings. The van der Waals surface area contributed by atoms with Crippen LogP contribution in [0.5, 0.6) is 0 Å². The van der Waals surface area contributed by atoms with Gasteiger partial charge in [0, 0.05) is 26.2 Å². The topological polar surface area (TPSA) is 27.0 Å². The highest BCUT2D eigenvalue weighted by molar-refractivity contribution is 4.79. The zero-order valence-electron chi connectivity index (χ0n) is 7.05. The molecule has 0 amide bonds. The predicted molar refractivity (Wildman–Crippen MR) is 49.4 cm³/mol. The minimum Gasteiger partial charge on any atom is -0.296 e. The third kappa shape index (κ3) is 5.83. The summed E-state index contributed by atoms with van der Waals surface area (Å²) in [4.78, 5) is 2.22. The number of hydrogen-bond acceptors (Lipinski definition) is 1. The monoisotopic (exact) mass is 153 g/mol. The van der Waals surface area contributed by atoms with Gasteiger partial charge in [0.2, 0.25) is 0 Å². The fraction of sp³-hybridized carbons (Fsp3) is 0.556. The van der Waals surface area contributed by atoms with Crippen LogP contribution in [-0.4, -0.2) is 31.1 Å². The Morgan fingerprint density at radius 1 is 1.18 bits per heavy atom. The van der Waals surface area contributed by atoms with Gasteiger partial charge < -0.3 is 0 Å². The van der Waals surface area contributed by atoms with Crippen LogP contribution >= 0.6 is 0 Å². The lowest BCUT2D eigenvalue weighted by molar-refractivity contribution is 0.332. The van der Waals surface area contributed by atoms with Crippen molar-refractivity contribution in [2.24, 2.45) is 0 Å². The van der Waals surface area contributed by atoms with E-state index in [-0.39, 0.29) is 0 Å². The molecule has 0 fully saturated rings. The summed E-state index contributed by atoms with van der Waals surface area (Å²) in [6.07, 6.45) is 4.70. The summed E-state index contributed by atoms with van der Waals surface area (Å²) >= 11 is 0. The normalized spacial score (nSPS) is 10.0. The molecule has 0 saturated heterocycles. The summed E-state index contributed by atoms with van der Waals surface area (Å²) < 4.78 is 0. The second-order valence-corrected chi connectivity index (χ2v) is 2.44. The molecule has 0 aliphatic carbocycles. The number of nitrogens with one attached hydrogen (secondary N) is 1. The Hall–Kier alpha value is -0.600. The van der Waals surface area contributed by atoms with Crippen molar-refractivity contribution in [1.29, 1.82) is 0 Å². The van der Waals surface area contributed by atoms with E-state index < -0.39 is 0 Å². The van der Waals surface area contributed by atoms with Crippen molar-refractivity contribution >= 4 is 0 Å². The van der Waals surface area contributed by atoms with Crippen molar-refractivity contribution in [3.8, 4) is 0 Å². The van der Waals surface area contributed by atoms with Gasteiger partial charge in [-0.1, -0.05) is 12.2 Å². The highest BCUT2D eigenvalue weighted by Crippen LogP contribution is 1.90. The first-order chi connectivity index (χ1) is 5.35. The van der Waals surface area contributed by atoms with Crippen molar-refractivity contribution in [3.63, 3.8) is 0 Å². The first kappa shape index (κ1) is 10.4. The molecule has 0 heterocycles. The second kappa shape index (κ2) is 7.51. The molecule has 0 saturated carbocycles. The molecule has 0 aliphatic rings. The molecule has 1 radical (unpaired) electrons.